The average molecular weight is 322 g/mol. The molecular formula is C22H43N. The van der Waals surface area contributed by atoms with Crippen molar-refractivity contribution in [1.29, 1.82) is 0 Å². The minimum absolute atomic E-state index is 0.971. The van der Waals surface area contributed by atoms with Gasteiger partial charge in [-0.05, 0) is 50.6 Å². The van der Waals surface area contributed by atoms with Crippen molar-refractivity contribution < 1.29 is 0 Å². The summed E-state index contributed by atoms with van der Waals surface area (Å²) in [6.45, 7) is 2.57. The Morgan fingerprint density at radius 1 is 0.435 bits per heavy atom. The molecule has 2 unspecified atom stereocenters. The minimum Gasteiger partial charge on any atom is -0.316 e. The molecule has 136 valence electrons. The van der Waals surface area contributed by atoms with Crippen molar-refractivity contribution in [3.63, 3.8) is 0 Å². The van der Waals surface area contributed by atoms with Gasteiger partial charge in [-0.15, -0.1) is 0 Å². The van der Waals surface area contributed by atoms with Crippen molar-refractivity contribution in [3.05, 3.63) is 0 Å². The quantitative estimate of drug-likeness (QED) is 0.514. The van der Waals surface area contributed by atoms with E-state index in [-0.39, 0.29) is 0 Å². The predicted molar refractivity (Wildman–Crippen MR) is 103 cm³/mol. The van der Waals surface area contributed by atoms with Crippen LogP contribution in [0.25, 0.3) is 0 Å². The SMILES string of the molecule is C1CCCCCCCC2CCCNCC(CCCCCCC1)C2. The van der Waals surface area contributed by atoms with Gasteiger partial charge in [0.25, 0.3) is 0 Å². The van der Waals surface area contributed by atoms with Crippen molar-refractivity contribution in [2.45, 2.75) is 116 Å². The van der Waals surface area contributed by atoms with Crippen molar-refractivity contribution in [2.24, 2.45) is 11.8 Å². The molecule has 1 N–H and O–H groups in total. The van der Waals surface area contributed by atoms with Gasteiger partial charge in [-0.1, -0.05) is 89.9 Å². The molecule has 1 nitrogen and oxygen atoms in total. The number of rotatable bonds is 0. The third kappa shape index (κ3) is 9.75. The van der Waals surface area contributed by atoms with E-state index in [0.717, 1.165) is 11.8 Å². The average Bonchev–Trinajstić information content (AvgIpc) is 2.53. The van der Waals surface area contributed by atoms with E-state index in [1.807, 2.05) is 0 Å². The molecule has 2 fully saturated rings. The number of fused-ring (bicyclic) bond motifs is 2. The molecule has 1 aliphatic heterocycles. The molecule has 1 aliphatic carbocycles. The molecule has 1 saturated heterocycles. The van der Waals surface area contributed by atoms with Crippen LogP contribution in [0.1, 0.15) is 116 Å². The van der Waals surface area contributed by atoms with Gasteiger partial charge in [0.15, 0.2) is 0 Å². The Hall–Kier alpha value is -0.0400. The molecule has 23 heavy (non-hydrogen) atoms. The van der Waals surface area contributed by atoms with E-state index in [1.54, 1.807) is 0 Å². The highest BCUT2D eigenvalue weighted by atomic mass is 14.9. The fraction of sp³-hybridized carbons (Fsp3) is 1.00. The second kappa shape index (κ2) is 13.3. The normalized spacial score (nSPS) is 31.3. The van der Waals surface area contributed by atoms with Gasteiger partial charge in [-0.25, -0.2) is 0 Å². The molecule has 2 aliphatic rings. The first-order chi connectivity index (χ1) is 11.4. The first-order valence-electron chi connectivity index (χ1n) is 11.2. The Balaban J connectivity index is 1.73. The van der Waals surface area contributed by atoms with Gasteiger partial charge in [-0.3, -0.25) is 0 Å². The van der Waals surface area contributed by atoms with E-state index in [0.29, 0.717) is 0 Å². The Labute approximate surface area is 146 Å². The second-order valence-corrected chi connectivity index (χ2v) is 8.49. The van der Waals surface area contributed by atoms with E-state index in [4.69, 9.17) is 0 Å². The van der Waals surface area contributed by atoms with Crippen molar-refractivity contribution in [1.82, 2.24) is 5.32 Å². The van der Waals surface area contributed by atoms with Crippen molar-refractivity contribution in [2.75, 3.05) is 13.1 Å². The van der Waals surface area contributed by atoms with Gasteiger partial charge in [0.05, 0.1) is 0 Å². The predicted octanol–water partition coefficient (Wildman–Crippen LogP) is 6.86. The lowest BCUT2D eigenvalue weighted by Gasteiger charge is -2.27. The van der Waals surface area contributed by atoms with Gasteiger partial charge < -0.3 is 5.32 Å². The highest BCUT2D eigenvalue weighted by molar-refractivity contribution is 4.73. The molecule has 0 aromatic rings. The van der Waals surface area contributed by atoms with Crippen LogP contribution >= 0.6 is 0 Å². The summed E-state index contributed by atoms with van der Waals surface area (Å²) in [5.74, 6) is 2.01. The molecule has 1 heteroatoms. The molecule has 0 spiro atoms. The van der Waals surface area contributed by atoms with Crippen LogP contribution in [0.3, 0.4) is 0 Å². The largest absolute Gasteiger partial charge is 0.316 e. The van der Waals surface area contributed by atoms with Crippen LogP contribution in [0.15, 0.2) is 0 Å². The molecule has 0 amide bonds. The first-order valence-corrected chi connectivity index (χ1v) is 11.2. The third-order valence-electron chi connectivity index (χ3n) is 6.29. The lowest BCUT2D eigenvalue weighted by molar-refractivity contribution is 0.273. The highest BCUT2D eigenvalue weighted by Gasteiger charge is 2.18. The number of hydrogen-bond acceptors (Lipinski definition) is 1. The summed E-state index contributed by atoms with van der Waals surface area (Å²) in [6, 6.07) is 0. The zero-order valence-corrected chi connectivity index (χ0v) is 15.8. The maximum Gasteiger partial charge on any atom is -0.00204 e. The van der Waals surface area contributed by atoms with E-state index < -0.39 is 0 Å². The molecule has 0 radical (unpaired) electrons. The zero-order chi connectivity index (χ0) is 16.0. The summed E-state index contributed by atoms with van der Waals surface area (Å²) in [5.41, 5.74) is 0. The van der Waals surface area contributed by atoms with Crippen LogP contribution in [0.5, 0.6) is 0 Å². The van der Waals surface area contributed by atoms with Gasteiger partial charge in [0.1, 0.15) is 0 Å². The Morgan fingerprint density at radius 2 is 0.870 bits per heavy atom. The summed E-state index contributed by atoms with van der Waals surface area (Å²) in [4.78, 5) is 0. The fourth-order valence-corrected chi connectivity index (χ4v) is 4.79. The van der Waals surface area contributed by atoms with E-state index >= 15 is 0 Å². The Morgan fingerprint density at radius 3 is 1.43 bits per heavy atom. The fourth-order valence-electron chi connectivity index (χ4n) is 4.79. The topological polar surface area (TPSA) is 12.0 Å². The smallest absolute Gasteiger partial charge is 0.00204 e. The molecule has 1 heterocycles. The molecule has 0 aromatic carbocycles. The summed E-state index contributed by atoms with van der Waals surface area (Å²) < 4.78 is 0. The van der Waals surface area contributed by atoms with Gasteiger partial charge in [0, 0.05) is 0 Å². The van der Waals surface area contributed by atoms with Gasteiger partial charge in [-0.2, -0.15) is 0 Å². The molecular weight excluding hydrogens is 278 g/mol. The summed E-state index contributed by atoms with van der Waals surface area (Å²) in [5, 5.41) is 3.71. The lowest BCUT2D eigenvalue weighted by Crippen LogP contribution is -2.28. The van der Waals surface area contributed by atoms with Crippen LogP contribution in [-0.2, 0) is 0 Å². The zero-order valence-electron chi connectivity index (χ0n) is 15.8. The highest BCUT2D eigenvalue weighted by Crippen LogP contribution is 2.28. The molecule has 0 aromatic heterocycles. The Kier molecular flexibility index (Phi) is 11.1. The van der Waals surface area contributed by atoms with Crippen LogP contribution in [-0.4, -0.2) is 13.1 Å². The van der Waals surface area contributed by atoms with Gasteiger partial charge in [0.2, 0.25) is 0 Å². The summed E-state index contributed by atoms with van der Waals surface area (Å²) in [6.07, 6.45) is 26.9. The molecule has 2 atom stereocenters. The van der Waals surface area contributed by atoms with Crippen LogP contribution in [0.4, 0.5) is 0 Å². The molecule has 2 rings (SSSR count). The lowest BCUT2D eigenvalue weighted by atomic mass is 9.83. The van der Waals surface area contributed by atoms with Crippen LogP contribution in [0.2, 0.25) is 0 Å². The minimum atomic E-state index is 0.971. The van der Waals surface area contributed by atoms with E-state index in [9.17, 15) is 0 Å². The molecule has 1 saturated carbocycles. The maximum atomic E-state index is 3.71. The monoisotopic (exact) mass is 321 g/mol. The standard InChI is InChI=1S/C22H43N/c1-2-4-6-8-10-12-15-21-17-14-18-23-20-22(19-21)16-13-11-9-7-5-3-1/h21-23H,1-20H2. The number of hydrogen-bond donors (Lipinski definition) is 1. The maximum absolute atomic E-state index is 3.71. The van der Waals surface area contributed by atoms with Gasteiger partial charge >= 0.3 is 0 Å². The van der Waals surface area contributed by atoms with E-state index in [1.165, 1.54) is 129 Å². The first kappa shape index (κ1) is 19.3. The van der Waals surface area contributed by atoms with Crippen LogP contribution in [0, 0.1) is 11.8 Å². The van der Waals surface area contributed by atoms with Crippen molar-refractivity contribution >= 4 is 0 Å². The summed E-state index contributed by atoms with van der Waals surface area (Å²) in [7, 11) is 0. The summed E-state index contributed by atoms with van der Waals surface area (Å²) >= 11 is 0. The number of nitrogens with one attached hydrogen (secondary N) is 1. The third-order valence-corrected chi connectivity index (χ3v) is 6.29. The second-order valence-electron chi connectivity index (χ2n) is 8.49. The molecule has 2 bridgehead atoms. The van der Waals surface area contributed by atoms with E-state index in [2.05, 4.69) is 5.32 Å². The van der Waals surface area contributed by atoms with Crippen molar-refractivity contribution in [3.8, 4) is 0 Å². The van der Waals surface area contributed by atoms with Crippen LogP contribution < -0.4 is 5.32 Å². The Bertz CT molecular complexity index is 239.